The monoisotopic (exact) mass is 294 g/mol. The Balaban J connectivity index is 2.12. The minimum atomic E-state index is -3.94. The van der Waals surface area contributed by atoms with Gasteiger partial charge in [-0.2, -0.15) is 13.5 Å². The highest BCUT2D eigenvalue weighted by atomic mass is 32.2. The Kier molecular flexibility index (Phi) is 2.57. The lowest BCUT2D eigenvalue weighted by Crippen LogP contribution is -2.29. The van der Waals surface area contributed by atoms with Crippen molar-refractivity contribution in [2.45, 2.75) is 0 Å². The fraction of sp³-hybridized carbons (Fsp3) is 0. The maximum atomic E-state index is 11.8. The summed E-state index contributed by atoms with van der Waals surface area (Å²) in [6.45, 7) is 0. The number of aromatic amines is 1. The third-order valence-corrected chi connectivity index (χ3v) is 4.06. The SMILES string of the molecule is O=S1(=O)NC(O)=CN1c1cc(-c2cn[nH]c2)ccc1O. The van der Waals surface area contributed by atoms with Gasteiger partial charge in [0.25, 0.3) is 0 Å². The van der Waals surface area contributed by atoms with Crippen LogP contribution in [0.2, 0.25) is 0 Å². The predicted octanol–water partition coefficient (Wildman–Crippen LogP) is 0.794. The van der Waals surface area contributed by atoms with Gasteiger partial charge in [-0.3, -0.25) is 5.10 Å². The molecule has 0 aliphatic carbocycles. The highest BCUT2D eigenvalue weighted by molar-refractivity contribution is 7.91. The van der Waals surface area contributed by atoms with Gasteiger partial charge in [-0.1, -0.05) is 6.07 Å². The molecule has 0 fully saturated rings. The van der Waals surface area contributed by atoms with Gasteiger partial charge in [-0.05, 0) is 17.7 Å². The molecule has 0 radical (unpaired) electrons. The van der Waals surface area contributed by atoms with Gasteiger partial charge in [-0.25, -0.2) is 9.03 Å². The summed E-state index contributed by atoms with van der Waals surface area (Å²) in [5.41, 5.74) is 1.44. The summed E-state index contributed by atoms with van der Waals surface area (Å²) in [7, 11) is -3.94. The van der Waals surface area contributed by atoms with E-state index in [1.54, 1.807) is 18.5 Å². The number of hydrogen-bond donors (Lipinski definition) is 4. The number of benzene rings is 1. The van der Waals surface area contributed by atoms with Crippen molar-refractivity contribution < 1.29 is 18.6 Å². The molecule has 1 aromatic heterocycles. The molecule has 0 bridgehead atoms. The van der Waals surface area contributed by atoms with Crippen molar-refractivity contribution in [3.05, 3.63) is 42.7 Å². The van der Waals surface area contributed by atoms with E-state index >= 15 is 0 Å². The van der Waals surface area contributed by atoms with Crippen molar-refractivity contribution in [1.82, 2.24) is 14.9 Å². The van der Waals surface area contributed by atoms with Crippen LogP contribution < -0.4 is 9.03 Å². The molecule has 1 aliphatic heterocycles. The first-order valence-electron chi connectivity index (χ1n) is 5.52. The molecule has 3 rings (SSSR count). The first-order chi connectivity index (χ1) is 9.47. The Morgan fingerprint density at radius 1 is 1.20 bits per heavy atom. The van der Waals surface area contributed by atoms with Crippen LogP contribution in [0.3, 0.4) is 0 Å². The van der Waals surface area contributed by atoms with Crippen LogP contribution >= 0.6 is 0 Å². The normalized spacial score (nSPS) is 16.8. The lowest BCUT2D eigenvalue weighted by molar-refractivity contribution is 0.392. The summed E-state index contributed by atoms with van der Waals surface area (Å²) in [5, 5.41) is 25.6. The van der Waals surface area contributed by atoms with Crippen molar-refractivity contribution in [1.29, 1.82) is 0 Å². The number of phenolic OH excluding ortho intramolecular Hbond substituents is 1. The molecular formula is C11H10N4O4S. The van der Waals surface area contributed by atoms with Crippen LogP contribution in [0.5, 0.6) is 5.75 Å². The van der Waals surface area contributed by atoms with Crippen molar-refractivity contribution in [2.24, 2.45) is 0 Å². The first-order valence-corrected chi connectivity index (χ1v) is 6.96. The van der Waals surface area contributed by atoms with Gasteiger partial charge in [0.1, 0.15) is 11.4 Å². The molecule has 9 heteroatoms. The molecular weight excluding hydrogens is 284 g/mol. The number of nitrogens with zero attached hydrogens (tertiary/aromatic N) is 2. The van der Waals surface area contributed by atoms with Crippen LogP contribution in [-0.2, 0) is 10.2 Å². The van der Waals surface area contributed by atoms with E-state index < -0.39 is 16.1 Å². The third kappa shape index (κ3) is 1.93. The molecule has 0 saturated carbocycles. The van der Waals surface area contributed by atoms with E-state index in [1.807, 2.05) is 4.72 Å². The quantitative estimate of drug-likeness (QED) is 0.653. The highest BCUT2D eigenvalue weighted by Gasteiger charge is 2.30. The standard InChI is InChI=1S/C11H10N4O4S/c16-10-2-1-7(8-4-12-13-5-8)3-9(10)15-6-11(17)14-20(15,18)19/h1-6,14,16-17H,(H,12,13). The lowest BCUT2D eigenvalue weighted by atomic mass is 10.1. The fourth-order valence-electron chi connectivity index (χ4n) is 1.88. The second kappa shape index (κ2) is 4.17. The molecule has 2 heterocycles. The molecule has 20 heavy (non-hydrogen) atoms. The Hall–Kier alpha value is -2.68. The number of aromatic nitrogens is 2. The van der Waals surface area contributed by atoms with Gasteiger partial charge in [0.05, 0.1) is 12.4 Å². The number of aliphatic hydroxyl groups is 1. The number of aliphatic hydroxyl groups excluding tert-OH is 1. The highest BCUT2D eigenvalue weighted by Crippen LogP contribution is 2.35. The number of rotatable bonds is 2. The smallest absolute Gasteiger partial charge is 0.330 e. The zero-order chi connectivity index (χ0) is 14.3. The number of nitrogens with one attached hydrogen (secondary N) is 2. The van der Waals surface area contributed by atoms with Crippen LogP contribution in [0.25, 0.3) is 11.1 Å². The predicted molar refractivity (Wildman–Crippen MR) is 70.9 cm³/mol. The minimum Gasteiger partial charge on any atom is -0.506 e. The number of phenols is 1. The average Bonchev–Trinajstić information content (AvgIpc) is 2.98. The van der Waals surface area contributed by atoms with Gasteiger partial charge in [0, 0.05) is 11.8 Å². The molecule has 4 N–H and O–H groups in total. The van der Waals surface area contributed by atoms with Crippen molar-refractivity contribution in [2.75, 3.05) is 4.31 Å². The van der Waals surface area contributed by atoms with Crippen molar-refractivity contribution in [3.63, 3.8) is 0 Å². The Bertz CT molecular complexity index is 783. The number of aromatic hydroxyl groups is 1. The van der Waals surface area contributed by atoms with Crippen LogP contribution in [-0.4, -0.2) is 28.8 Å². The van der Waals surface area contributed by atoms with E-state index in [9.17, 15) is 18.6 Å². The van der Waals surface area contributed by atoms with Crippen LogP contribution in [0.1, 0.15) is 0 Å². The molecule has 0 saturated heterocycles. The summed E-state index contributed by atoms with van der Waals surface area (Å²) >= 11 is 0. The lowest BCUT2D eigenvalue weighted by Gasteiger charge is -2.16. The van der Waals surface area contributed by atoms with Crippen LogP contribution in [0, 0.1) is 0 Å². The zero-order valence-electron chi connectivity index (χ0n) is 9.98. The zero-order valence-corrected chi connectivity index (χ0v) is 10.8. The third-order valence-electron chi connectivity index (χ3n) is 2.78. The van der Waals surface area contributed by atoms with E-state index in [0.717, 1.165) is 16.1 Å². The number of H-pyrrole nitrogens is 1. The summed E-state index contributed by atoms with van der Waals surface area (Å²) < 4.78 is 26.3. The Labute approximate surface area is 114 Å². The Morgan fingerprint density at radius 2 is 2.00 bits per heavy atom. The van der Waals surface area contributed by atoms with E-state index in [-0.39, 0.29) is 11.4 Å². The molecule has 0 amide bonds. The first kappa shape index (κ1) is 12.4. The second-order valence-electron chi connectivity index (χ2n) is 4.11. The average molecular weight is 294 g/mol. The van der Waals surface area contributed by atoms with E-state index in [0.29, 0.717) is 5.56 Å². The van der Waals surface area contributed by atoms with Gasteiger partial charge >= 0.3 is 10.2 Å². The van der Waals surface area contributed by atoms with Crippen molar-refractivity contribution >= 4 is 15.9 Å². The van der Waals surface area contributed by atoms with Crippen molar-refractivity contribution in [3.8, 4) is 16.9 Å². The maximum absolute atomic E-state index is 11.8. The van der Waals surface area contributed by atoms with E-state index in [2.05, 4.69) is 10.2 Å². The summed E-state index contributed by atoms with van der Waals surface area (Å²) in [4.78, 5) is 0. The molecule has 1 aromatic carbocycles. The summed E-state index contributed by atoms with van der Waals surface area (Å²) in [6.07, 6.45) is 4.18. The summed E-state index contributed by atoms with van der Waals surface area (Å²) in [5.74, 6) is -0.744. The molecule has 0 atom stereocenters. The molecule has 0 unspecified atom stereocenters. The van der Waals surface area contributed by atoms with Crippen LogP contribution in [0.15, 0.2) is 42.7 Å². The van der Waals surface area contributed by atoms with Gasteiger partial charge in [0.15, 0.2) is 0 Å². The largest absolute Gasteiger partial charge is 0.506 e. The minimum absolute atomic E-state index is 0.0280. The van der Waals surface area contributed by atoms with Gasteiger partial charge in [0.2, 0.25) is 5.88 Å². The maximum Gasteiger partial charge on any atom is 0.330 e. The van der Waals surface area contributed by atoms with E-state index in [4.69, 9.17) is 0 Å². The Morgan fingerprint density at radius 3 is 2.60 bits per heavy atom. The van der Waals surface area contributed by atoms with E-state index in [1.165, 1.54) is 12.1 Å². The van der Waals surface area contributed by atoms with Gasteiger partial charge < -0.3 is 10.2 Å². The molecule has 1 aliphatic rings. The number of hydrogen-bond acceptors (Lipinski definition) is 5. The second-order valence-corrected chi connectivity index (χ2v) is 5.66. The fourth-order valence-corrected chi connectivity index (χ4v) is 2.93. The molecule has 2 aromatic rings. The molecule has 8 nitrogen and oxygen atoms in total. The molecule has 104 valence electrons. The number of anilines is 1. The topological polar surface area (TPSA) is 119 Å². The summed E-state index contributed by atoms with van der Waals surface area (Å²) in [6, 6.07) is 4.48. The van der Waals surface area contributed by atoms with Gasteiger partial charge in [-0.15, -0.1) is 0 Å². The van der Waals surface area contributed by atoms with Crippen LogP contribution in [0.4, 0.5) is 5.69 Å². The molecule has 0 spiro atoms.